The fraction of sp³-hybridized carbons (Fsp3) is 1.00. The number of thiol groups is 1. The minimum atomic E-state index is -1.81. The summed E-state index contributed by atoms with van der Waals surface area (Å²) < 4.78 is 5.39. The maximum atomic E-state index is 5.39. The summed E-state index contributed by atoms with van der Waals surface area (Å²) in [6.45, 7) is 0.700. The van der Waals surface area contributed by atoms with Gasteiger partial charge < -0.3 is 4.18 Å². The molecule has 0 aromatic rings. The van der Waals surface area contributed by atoms with Gasteiger partial charge in [0.2, 0.25) is 0 Å². The number of rotatable bonds is 41. The van der Waals surface area contributed by atoms with Crippen LogP contribution in [-0.2, 0) is 33.0 Å². The molecule has 0 aliphatic heterocycles. The van der Waals surface area contributed by atoms with Gasteiger partial charge in [0.15, 0.2) is 0 Å². The fourth-order valence-electron chi connectivity index (χ4n) is 0.619. The van der Waals surface area contributed by atoms with Gasteiger partial charge in [0.25, 0.3) is 0 Å². The molecule has 0 unspecified atom stereocenters. The monoisotopic (exact) mass is 1420 g/mol. The van der Waals surface area contributed by atoms with Crippen LogP contribution in [0.5, 0.6) is 0 Å². The first kappa shape index (κ1) is 60.7. The summed E-state index contributed by atoms with van der Waals surface area (Å²) in [5, 5.41) is 0. The van der Waals surface area contributed by atoms with Crippen molar-refractivity contribution in [2.45, 2.75) is 6.92 Å². The Labute approximate surface area is 430 Å². The third kappa shape index (κ3) is 54.9. The van der Waals surface area contributed by atoms with Crippen molar-refractivity contribution < 1.29 is 4.18 Å². The molecule has 278 valence electrons. The molecule has 0 bridgehead atoms. The standard InChI is InChI=1S/C2H6OS43/c1-2-3-46(5,6)45-44-43-42-41-40-39-38-37-36-35-34-33-32-31-30-29-28-27-26-25-24-23-22-21-20-19-18-17-16-15-14-13-12-11-10-9-8-7-4/h4H,2H2,1H3. The quantitative estimate of drug-likeness (QED) is 0.0353. The van der Waals surface area contributed by atoms with E-state index in [1.807, 2.05) is 233 Å². The average molecular weight is 1420 g/mol. The fourth-order valence-corrected chi connectivity index (χ4v) is 110. The normalized spacial score (nSPS) is 12.0. The van der Waals surface area contributed by atoms with E-state index in [-0.39, 0.29) is 0 Å². The van der Waals surface area contributed by atoms with Gasteiger partial charge in [-0.2, -0.15) is 0 Å². The molecular formula is C2H6OS43. The molecule has 0 amide bonds. The van der Waals surface area contributed by atoms with Crippen LogP contribution < -0.4 is 0 Å². The molecule has 0 radical (unpaired) electrons. The largest absolute Gasteiger partial charge is 0.302 e. The first-order valence-electron chi connectivity index (χ1n) is 8.18. The van der Waals surface area contributed by atoms with Gasteiger partial charge in [-0.15, -0.1) is 0 Å². The van der Waals surface area contributed by atoms with E-state index in [0.29, 0.717) is 6.61 Å². The molecule has 0 rings (SSSR count). The van der Waals surface area contributed by atoms with Crippen LogP contribution >= 0.6 is 395 Å². The molecule has 0 aliphatic carbocycles. The lowest BCUT2D eigenvalue weighted by molar-refractivity contribution is 0.402. The van der Waals surface area contributed by atoms with Crippen molar-refractivity contribution in [3.63, 3.8) is 0 Å². The van der Waals surface area contributed by atoms with Crippen LogP contribution in [0.3, 0.4) is 0 Å². The van der Waals surface area contributed by atoms with Crippen molar-refractivity contribution in [2.24, 2.45) is 0 Å². The van der Waals surface area contributed by atoms with Crippen molar-refractivity contribution in [1.82, 2.24) is 0 Å². The lowest BCUT2D eigenvalue weighted by Crippen LogP contribution is -1.93. The molecule has 0 heterocycles. The molecule has 0 saturated heterocycles. The van der Waals surface area contributed by atoms with E-state index in [1.165, 1.54) is 19.7 Å². The minimum absolute atomic E-state index is 0.581. The van der Waals surface area contributed by atoms with Crippen LogP contribution in [-0.4, -0.2) is 6.61 Å². The van der Waals surface area contributed by atoms with Crippen LogP contribution in [0.15, 0.2) is 0 Å². The molecule has 0 N–H and O–H groups in total. The third-order valence-electron chi connectivity index (χ3n) is 1.40. The lowest BCUT2D eigenvalue weighted by atomic mass is 10.9. The minimum Gasteiger partial charge on any atom is -0.302 e. The van der Waals surface area contributed by atoms with Gasteiger partial charge in [-0.25, -0.2) is 0 Å². The summed E-state index contributed by atoms with van der Waals surface area (Å²) in [6, 6.07) is 0. The molecule has 0 aromatic carbocycles. The van der Waals surface area contributed by atoms with Crippen molar-refractivity contribution in [3.05, 3.63) is 0 Å². The highest BCUT2D eigenvalue weighted by Gasteiger charge is 2.05. The first-order valence-corrected chi connectivity index (χ1v) is 64.6. The van der Waals surface area contributed by atoms with E-state index in [2.05, 4.69) is 11.7 Å². The summed E-state index contributed by atoms with van der Waals surface area (Å²) >= 11 is 14.6. The lowest BCUT2D eigenvalue weighted by Gasteiger charge is -2.06. The molecule has 1 nitrogen and oxygen atoms in total. The molecule has 0 saturated carbocycles. The van der Waals surface area contributed by atoms with Crippen molar-refractivity contribution in [1.29, 1.82) is 0 Å². The summed E-state index contributed by atoms with van der Waals surface area (Å²) in [5.74, 6) is 0. The van der Waals surface area contributed by atoms with Crippen molar-refractivity contribution >= 4 is 424 Å². The smallest absolute Gasteiger partial charge is 0.0820 e. The van der Waals surface area contributed by atoms with Gasteiger partial charge in [0.05, 0.1) is 13.1 Å². The highest BCUT2D eigenvalue weighted by atomic mass is 34.1. The van der Waals surface area contributed by atoms with Crippen LogP contribution in [0.4, 0.5) is 0 Å². The third-order valence-corrected chi connectivity index (χ3v) is 92.6. The Morgan fingerprint density at radius 1 is 0.348 bits per heavy atom. The van der Waals surface area contributed by atoms with Crippen LogP contribution in [0.25, 0.3) is 0 Å². The van der Waals surface area contributed by atoms with E-state index in [1.54, 1.807) is 138 Å². The topological polar surface area (TPSA) is 9.23 Å². The van der Waals surface area contributed by atoms with Gasteiger partial charge >= 0.3 is 0 Å². The maximum Gasteiger partial charge on any atom is 0.0820 e. The predicted octanol–water partition coefficient (Wildman–Crippen LogP) is 26.1. The first-order chi connectivity index (χ1) is 22.6. The molecular weight excluding hydrogens is 1420 g/mol. The van der Waals surface area contributed by atoms with E-state index in [0.717, 1.165) is 0 Å². The Morgan fingerprint density at radius 2 is 0.522 bits per heavy atom. The maximum absolute atomic E-state index is 5.39. The summed E-state index contributed by atoms with van der Waals surface area (Å²) in [5.41, 5.74) is 0. The molecule has 46 heavy (non-hydrogen) atoms. The molecule has 0 aliphatic rings. The SMILES string of the molecule is CCOS(=S)(=S)SSSSSSSSSSSSSSSSSSSSSSSSSSSSSSSSSSSSSSSS. The van der Waals surface area contributed by atoms with E-state index in [9.17, 15) is 0 Å². The van der Waals surface area contributed by atoms with Crippen LogP contribution in [0, 0.1) is 0 Å². The van der Waals surface area contributed by atoms with Gasteiger partial charge in [-0.05, 0) is 108 Å². The molecule has 44 heteroatoms. The molecule has 0 spiro atoms. The highest BCUT2D eigenvalue weighted by Crippen LogP contribution is 2.68. The molecule has 0 aromatic heterocycles. The van der Waals surface area contributed by atoms with Crippen molar-refractivity contribution in [2.75, 3.05) is 6.61 Å². The van der Waals surface area contributed by atoms with Gasteiger partial charge in [0, 0.05) is 305 Å². The van der Waals surface area contributed by atoms with E-state index in [4.69, 9.17) is 26.6 Å². The van der Waals surface area contributed by atoms with Gasteiger partial charge in [-0.3, -0.25) is 0 Å². The molecule has 0 atom stereocenters. The van der Waals surface area contributed by atoms with Gasteiger partial charge in [-0.1, -0.05) is 11.7 Å². The Morgan fingerprint density at radius 3 is 0.696 bits per heavy atom. The molecule has 0 fully saturated rings. The van der Waals surface area contributed by atoms with Crippen molar-refractivity contribution in [3.8, 4) is 0 Å². The second-order valence-electron chi connectivity index (χ2n) is 3.47. The second kappa shape index (κ2) is 54.1. The van der Waals surface area contributed by atoms with Crippen LogP contribution in [0.2, 0.25) is 0 Å². The Bertz CT molecular complexity index is 643. The highest BCUT2D eigenvalue weighted by molar-refractivity contribution is 9.62. The van der Waals surface area contributed by atoms with Crippen LogP contribution in [0.1, 0.15) is 6.92 Å². The zero-order chi connectivity index (χ0) is 33.5. The zero-order valence-corrected chi connectivity index (χ0v) is 54.9. The predicted molar refractivity (Wildman–Crippen MR) is 339 cm³/mol. The van der Waals surface area contributed by atoms with Gasteiger partial charge in [0.1, 0.15) is 0 Å². The number of hydrogen-bond donors (Lipinski definition) is 1. The summed E-state index contributed by atoms with van der Waals surface area (Å²) in [7, 11) is 69.3. The average Bonchev–Trinajstić information content (AvgIpc) is 3.04. The Hall–Kier alpha value is 14.7. The summed E-state index contributed by atoms with van der Waals surface area (Å²) in [4.78, 5) is 0. The number of hydrogen-bond acceptors (Lipinski definition) is 43. The van der Waals surface area contributed by atoms with E-state index < -0.39 is 6.46 Å². The Kier molecular flexibility index (Phi) is 71.4. The summed E-state index contributed by atoms with van der Waals surface area (Å²) in [6.07, 6.45) is 0. The van der Waals surface area contributed by atoms with E-state index >= 15 is 0 Å². The Balaban J connectivity index is 3.08. The zero-order valence-electron chi connectivity index (χ0n) is 19.7. The second-order valence-corrected chi connectivity index (χ2v) is 79.8.